The normalized spacial score (nSPS) is 13.0. The Morgan fingerprint density at radius 1 is 1.07 bits per heavy atom. The van der Waals surface area contributed by atoms with Crippen molar-refractivity contribution in [1.29, 1.82) is 0 Å². The minimum absolute atomic E-state index is 0.0350. The van der Waals surface area contributed by atoms with Gasteiger partial charge in [0.25, 0.3) is 0 Å². The number of ether oxygens (including phenoxy) is 2. The maximum atomic E-state index is 12.7. The monoisotopic (exact) mass is 595 g/mol. The van der Waals surface area contributed by atoms with Crippen LogP contribution in [0.2, 0.25) is 5.02 Å². The maximum Gasteiger partial charge on any atom is 0.335 e. The fourth-order valence-electron chi connectivity index (χ4n) is 3.96. The van der Waals surface area contributed by atoms with Crippen LogP contribution >= 0.6 is 11.6 Å². The molecule has 1 saturated heterocycles. The number of methoxy groups -OCH3 is 1. The standard InChI is InChI=1S/C26H23ClN8O5S/c1-39-19-9-10-20(27)23(16-19)29-24-25(30-22-8-3-2-7-21(22)28-24)35(41(37)38)18-6-4-5-17(15-18)26(36)31-32-33-34-11-13-40-14-12-34/h2-10,15-16,41H,11-14H2,1H3/p+1. The minimum Gasteiger partial charge on any atom is -0.497 e. The Morgan fingerprint density at radius 3 is 2.56 bits per heavy atom. The number of aromatic nitrogens is 2. The molecule has 4 aromatic rings. The van der Waals surface area contributed by atoms with Crippen LogP contribution in [0, 0.1) is 0 Å². The summed E-state index contributed by atoms with van der Waals surface area (Å²) in [6.07, 6.45) is 0. The molecule has 0 spiro atoms. The van der Waals surface area contributed by atoms with Crippen molar-refractivity contribution in [3.63, 3.8) is 0 Å². The van der Waals surface area contributed by atoms with Crippen molar-refractivity contribution in [2.45, 2.75) is 0 Å². The second kappa shape index (κ2) is 12.7. The van der Waals surface area contributed by atoms with Gasteiger partial charge in [0.15, 0.2) is 11.6 Å². The van der Waals surface area contributed by atoms with Crippen LogP contribution < -0.4 is 19.3 Å². The van der Waals surface area contributed by atoms with Gasteiger partial charge < -0.3 is 14.8 Å². The Hall–Kier alpha value is -4.62. The van der Waals surface area contributed by atoms with Gasteiger partial charge in [-0.3, -0.25) is 4.79 Å². The molecule has 0 atom stereocenters. The quantitative estimate of drug-likeness (QED) is 0.174. The number of thiol groups is 1. The number of hydrogen-bond acceptors (Lipinski definition) is 9. The molecule has 1 aliphatic heterocycles. The van der Waals surface area contributed by atoms with E-state index in [4.69, 9.17) is 21.1 Å². The van der Waals surface area contributed by atoms with Crippen LogP contribution in [0.15, 0.2) is 77.1 Å². The maximum absolute atomic E-state index is 12.7. The lowest BCUT2D eigenvalue weighted by Gasteiger charge is -2.21. The number of benzene rings is 3. The van der Waals surface area contributed by atoms with Crippen LogP contribution in [0.25, 0.3) is 11.0 Å². The Kier molecular flexibility index (Phi) is 8.65. The van der Waals surface area contributed by atoms with Crippen LogP contribution in [-0.2, 0) is 15.6 Å². The van der Waals surface area contributed by atoms with E-state index in [9.17, 15) is 13.2 Å². The number of para-hydroxylation sites is 2. The first-order valence-corrected chi connectivity index (χ1v) is 13.8. The van der Waals surface area contributed by atoms with Crippen LogP contribution in [0.5, 0.6) is 5.75 Å². The number of amides is 1. The molecule has 0 radical (unpaired) electrons. The molecule has 41 heavy (non-hydrogen) atoms. The molecule has 1 amide bonds. The third-order valence-electron chi connectivity index (χ3n) is 5.97. The van der Waals surface area contributed by atoms with Crippen LogP contribution in [0.4, 0.5) is 23.0 Å². The van der Waals surface area contributed by atoms with Crippen molar-refractivity contribution >= 4 is 62.4 Å². The zero-order valence-corrected chi connectivity index (χ0v) is 23.3. The molecule has 15 heteroatoms. The van der Waals surface area contributed by atoms with Crippen molar-refractivity contribution in [2.24, 2.45) is 10.3 Å². The van der Waals surface area contributed by atoms with Crippen LogP contribution in [0.1, 0.15) is 10.4 Å². The Morgan fingerprint density at radius 2 is 1.83 bits per heavy atom. The van der Waals surface area contributed by atoms with E-state index < -0.39 is 16.8 Å². The van der Waals surface area contributed by atoms with E-state index >= 15 is 0 Å². The van der Waals surface area contributed by atoms with Gasteiger partial charge >= 0.3 is 5.91 Å². The molecule has 0 bridgehead atoms. The number of fused-ring (bicyclic) bond motifs is 1. The number of morpholine rings is 1. The molecular formula is C26H24ClN8O5S+. The summed E-state index contributed by atoms with van der Waals surface area (Å²) in [6, 6.07) is 17.9. The lowest BCUT2D eigenvalue weighted by molar-refractivity contribution is 0.0340. The van der Waals surface area contributed by atoms with Crippen molar-refractivity contribution in [1.82, 2.24) is 19.9 Å². The molecule has 210 valence electrons. The molecule has 1 fully saturated rings. The number of carbonyl (C=O) groups is 1. The number of rotatable bonds is 8. The Bertz CT molecular complexity index is 1730. The molecular weight excluding hydrogens is 572 g/mol. The van der Waals surface area contributed by atoms with Crippen molar-refractivity contribution in [3.05, 3.63) is 77.3 Å². The third-order valence-corrected chi connectivity index (χ3v) is 7.05. The summed E-state index contributed by atoms with van der Waals surface area (Å²) < 4.78 is 36.9. The van der Waals surface area contributed by atoms with Gasteiger partial charge in [0, 0.05) is 11.6 Å². The number of hydrogen-bond donors (Lipinski definition) is 2. The summed E-state index contributed by atoms with van der Waals surface area (Å²) in [5.74, 6) is -0.0956. The smallest absolute Gasteiger partial charge is 0.335 e. The fraction of sp³-hybridized carbons (Fsp3) is 0.192. The predicted octanol–water partition coefficient (Wildman–Crippen LogP) is 4.06. The van der Waals surface area contributed by atoms with Gasteiger partial charge in [-0.1, -0.05) is 29.8 Å². The van der Waals surface area contributed by atoms with Gasteiger partial charge in [-0.25, -0.2) is 22.7 Å². The third kappa shape index (κ3) is 6.58. The SMILES string of the molecule is COc1ccc(Cl)c(Nc2nc3ccccc3nc2N(c2cccc(C(=O)N=[N+]=NN3CCOCC3)c2)[SH](=O)=O)c1. The zero-order valence-electron chi connectivity index (χ0n) is 21.7. The zero-order chi connectivity index (χ0) is 28.8. The second-order valence-corrected chi connectivity index (χ2v) is 9.89. The first-order chi connectivity index (χ1) is 19.9. The van der Waals surface area contributed by atoms with E-state index in [1.54, 1.807) is 47.5 Å². The largest absolute Gasteiger partial charge is 0.497 e. The first-order valence-electron chi connectivity index (χ1n) is 12.3. The number of carbonyl (C=O) groups excluding carboxylic acids is 1. The molecule has 5 rings (SSSR count). The van der Waals surface area contributed by atoms with Crippen LogP contribution in [0.3, 0.4) is 0 Å². The summed E-state index contributed by atoms with van der Waals surface area (Å²) in [4.78, 5) is 25.6. The first kappa shape index (κ1) is 27.9. The molecule has 1 aliphatic rings. The van der Waals surface area contributed by atoms with E-state index in [1.165, 1.54) is 31.4 Å². The highest BCUT2D eigenvalue weighted by Gasteiger charge is 2.23. The van der Waals surface area contributed by atoms with E-state index in [0.29, 0.717) is 53.8 Å². The van der Waals surface area contributed by atoms with Crippen molar-refractivity contribution in [3.8, 4) is 5.75 Å². The average molecular weight is 596 g/mol. The number of nitrogens with one attached hydrogen (secondary N) is 1. The Labute approximate surface area is 241 Å². The average Bonchev–Trinajstić information content (AvgIpc) is 2.99. The molecule has 3 aromatic carbocycles. The lowest BCUT2D eigenvalue weighted by Crippen LogP contribution is -2.32. The molecule has 1 aromatic heterocycles. The summed E-state index contributed by atoms with van der Waals surface area (Å²) >= 11 is 6.41. The van der Waals surface area contributed by atoms with Gasteiger partial charge in [0.1, 0.15) is 18.8 Å². The van der Waals surface area contributed by atoms with Gasteiger partial charge in [-0.05, 0) is 42.5 Å². The fourth-order valence-corrected chi connectivity index (χ4v) is 4.73. The van der Waals surface area contributed by atoms with Crippen molar-refractivity contribution in [2.75, 3.05) is 43.0 Å². The van der Waals surface area contributed by atoms with Gasteiger partial charge in [-0.2, -0.15) is 0 Å². The highest BCUT2D eigenvalue weighted by molar-refractivity contribution is 7.74. The molecule has 13 nitrogen and oxygen atoms in total. The highest BCUT2D eigenvalue weighted by Crippen LogP contribution is 2.36. The van der Waals surface area contributed by atoms with E-state index in [2.05, 4.69) is 30.5 Å². The predicted molar refractivity (Wildman–Crippen MR) is 153 cm³/mol. The summed E-state index contributed by atoms with van der Waals surface area (Å²) in [5, 5.41) is 12.6. The van der Waals surface area contributed by atoms with Gasteiger partial charge in [0.2, 0.25) is 16.1 Å². The summed E-state index contributed by atoms with van der Waals surface area (Å²) in [5.41, 5.74) is 1.64. The molecule has 0 unspecified atom stereocenters. The molecule has 1 N–H and O–H groups in total. The number of nitrogens with zero attached hydrogens (tertiary/aromatic N) is 7. The number of anilines is 4. The second-order valence-electron chi connectivity index (χ2n) is 8.61. The topological polar surface area (TPSA) is 153 Å². The highest BCUT2D eigenvalue weighted by atomic mass is 35.5. The minimum atomic E-state index is -3.30. The summed E-state index contributed by atoms with van der Waals surface area (Å²) in [6.45, 7) is 2.10. The van der Waals surface area contributed by atoms with Crippen molar-refractivity contribution < 1.29 is 22.7 Å². The molecule has 0 aliphatic carbocycles. The van der Waals surface area contributed by atoms with E-state index in [1.807, 2.05) is 0 Å². The Balaban J connectivity index is 1.54. The number of halogens is 1. The summed E-state index contributed by atoms with van der Waals surface area (Å²) in [7, 11) is -1.78. The van der Waals surface area contributed by atoms with Crippen LogP contribution in [-0.4, -0.2) is 62.7 Å². The van der Waals surface area contributed by atoms with Gasteiger partial charge in [0.05, 0.1) is 57.8 Å². The van der Waals surface area contributed by atoms with E-state index in [-0.39, 0.29) is 22.9 Å². The molecule has 0 saturated carbocycles. The van der Waals surface area contributed by atoms with E-state index in [0.717, 1.165) is 4.31 Å². The lowest BCUT2D eigenvalue weighted by atomic mass is 10.2. The van der Waals surface area contributed by atoms with Gasteiger partial charge in [-0.15, -0.1) is 5.01 Å². The molecule has 2 heterocycles.